The Morgan fingerprint density at radius 1 is 0.341 bits per heavy atom. The number of fused-ring (bicyclic) bond motifs is 4. The van der Waals surface area contributed by atoms with Gasteiger partial charge in [-0.05, 0) is 57.6 Å². The molecule has 2 aliphatic heterocycles. The Hall–Kier alpha value is -4.06. The van der Waals surface area contributed by atoms with Crippen LogP contribution in [0, 0.1) is 0 Å². The molecule has 2 nitrogen and oxygen atoms in total. The molecule has 44 heavy (non-hydrogen) atoms. The first-order valence-corrected chi connectivity index (χ1v) is 16.8. The van der Waals surface area contributed by atoms with Crippen molar-refractivity contribution in [3.63, 3.8) is 0 Å². The Kier molecular flexibility index (Phi) is 7.16. The molecule has 2 aliphatic rings. The highest BCUT2D eigenvalue weighted by molar-refractivity contribution is 7.99. The van der Waals surface area contributed by atoms with Gasteiger partial charge in [-0.25, -0.2) is 0 Å². The van der Waals surface area contributed by atoms with E-state index >= 15 is 0 Å². The highest BCUT2D eigenvalue weighted by Gasteiger charge is 2.44. The molecule has 0 unspecified atom stereocenters. The lowest BCUT2D eigenvalue weighted by atomic mass is 9.76. The monoisotopic (exact) mass is 604 g/mol. The first-order chi connectivity index (χ1) is 21.8. The lowest BCUT2D eigenvalue weighted by molar-refractivity contribution is 0.407. The molecule has 0 atom stereocenters. The van der Waals surface area contributed by atoms with Gasteiger partial charge in [-0.1, -0.05) is 157 Å². The van der Waals surface area contributed by atoms with E-state index in [0.29, 0.717) is 0 Å². The topological polar surface area (TPSA) is 24.1 Å². The van der Waals surface area contributed by atoms with Gasteiger partial charge in [-0.15, -0.1) is 0 Å². The molecule has 0 spiro atoms. The van der Waals surface area contributed by atoms with Gasteiger partial charge in [0.15, 0.2) is 0 Å². The maximum Gasteiger partial charge on any atom is 0.0970 e. The number of hydrogen-bond donors (Lipinski definition) is 2. The van der Waals surface area contributed by atoms with E-state index in [-0.39, 0.29) is 0 Å². The van der Waals surface area contributed by atoms with Crippen LogP contribution in [0.5, 0.6) is 0 Å². The summed E-state index contributed by atoms with van der Waals surface area (Å²) in [4.78, 5) is 5.18. The Bertz CT molecular complexity index is 1700. The summed E-state index contributed by atoms with van der Waals surface area (Å²) in [5, 5.41) is 8.28. The van der Waals surface area contributed by atoms with Gasteiger partial charge in [0.05, 0.1) is 11.1 Å². The third kappa shape index (κ3) is 4.36. The molecule has 214 valence electrons. The smallest absolute Gasteiger partial charge is 0.0970 e. The van der Waals surface area contributed by atoms with Crippen molar-refractivity contribution in [3.8, 4) is 0 Å². The molecule has 0 aliphatic carbocycles. The van der Waals surface area contributed by atoms with Crippen LogP contribution in [0.2, 0.25) is 0 Å². The maximum atomic E-state index is 4.14. The van der Waals surface area contributed by atoms with Crippen molar-refractivity contribution < 1.29 is 0 Å². The fourth-order valence-corrected chi connectivity index (χ4v) is 9.46. The van der Waals surface area contributed by atoms with Gasteiger partial charge in [0.2, 0.25) is 0 Å². The molecule has 0 aromatic heterocycles. The molecule has 6 aromatic rings. The Morgan fingerprint density at radius 2 is 0.614 bits per heavy atom. The molecule has 4 heteroatoms. The van der Waals surface area contributed by atoms with Crippen molar-refractivity contribution in [1.82, 2.24) is 10.6 Å². The number of nitrogens with one attached hydrogen (secondary N) is 2. The third-order valence-corrected chi connectivity index (χ3v) is 11.2. The quantitative estimate of drug-likeness (QED) is 0.178. The van der Waals surface area contributed by atoms with Crippen LogP contribution in [-0.4, -0.2) is 13.1 Å². The number of benzene rings is 6. The summed E-state index contributed by atoms with van der Waals surface area (Å²) in [6, 6.07) is 57.4. The van der Waals surface area contributed by atoms with E-state index in [2.05, 4.69) is 168 Å². The first-order valence-electron chi connectivity index (χ1n) is 15.2. The standard InChI is InChI=1S/C40H32N2S2/c1-3-15-29(16-4-1)39(31-19-7-11-23-35(31)43-36-24-12-8-20-32(36)39)41-27-28-42-40(30-17-5-2-6-18-30)33-21-9-13-25-37(33)44-38-26-14-10-22-34(38)40/h1-26,41-42H,27-28H2. The summed E-state index contributed by atoms with van der Waals surface area (Å²) in [6.45, 7) is 1.52. The highest BCUT2D eigenvalue weighted by Crippen LogP contribution is 2.52. The molecule has 2 heterocycles. The Labute approximate surface area is 268 Å². The predicted molar refractivity (Wildman–Crippen MR) is 183 cm³/mol. The van der Waals surface area contributed by atoms with Crippen molar-refractivity contribution in [2.75, 3.05) is 13.1 Å². The van der Waals surface area contributed by atoms with Crippen LogP contribution in [0.4, 0.5) is 0 Å². The Morgan fingerprint density at radius 3 is 0.932 bits per heavy atom. The van der Waals surface area contributed by atoms with Crippen molar-refractivity contribution in [2.45, 2.75) is 30.7 Å². The summed E-state index contributed by atoms with van der Waals surface area (Å²) < 4.78 is 0. The molecule has 0 saturated carbocycles. The van der Waals surface area contributed by atoms with E-state index in [0.717, 1.165) is 13.1 Å². The van der Waals surface area contributed by atoms with Gasteiger partial charge in [-0.3, -0.25) is 10.6 Å². The summed E-state index contributed by atoms with van der Waals surface area (Å²) >= 11 is 3.73. The van der Waals surface area contributed by atoms with Gasteiger partial charge < -0.3 is 0 Å². The van der Waals surface area contributed by atoms with Crippen LogP contribution in [0.1, 0.15) is 33.4 Å². The minimum absolute atomic E-state index is 0.473. The largest absolute Gasteiger partial charge is 0.299 e. The van der Waals surface area contributed by atoms with E-state index in [1.54, 1.807) is 0 Å². The number of hydrogen-bond acceptors (Lipinski definition) is 4. The van der Waals surface area contributed by atoms with Crippen molar-refractivity contribution >= 4 is 23.5 Å². The van der Waals surface area contributed by atoms with Gasteiger partial charge in [0.25, 0.3) is 0 Å². The van der Waals surface area contributed by atoms with E-state index in [1.165, 1.54) is 53.0 Å². The second kappa shape index (κ2) is 11.5. The minimum Gasteiger partial charge on any atom is -0.299 e. The molecule has 2 N–H and O–H groups in total. The molecule has 6 aromatic carbocycles. The van der Waals surface area contributed by atoms with Crippen LogP contribution in [-0.2, 0) is 11.1 Å². The first kappa shape index (κ1) is 27.5. The molecule has 0 radical (unpaired) electrons. The zero-order chi connectivity index (χ0) is 29.4. The Balaban J connectivity index is 1.22. The van der Waals surface area contributed by atoms with Crippen molar-refractivity contribution in [3.05, 3.63) is 191 Å². The predicted octanol–water partition coefficient (Wildman–Crippen LogP) is 9.08. The second-order valence-electron chi connectivity index (χ2n) is 11.3. The van der Waals surface area contributed by atoms with Crippen LogP contribution in [0.3, 0.4) is 0 Å². The summed E-state index contributed by atoms with van der Waals surface area (Å²) in [7, 11) is 0. The van der Waals surface area contributed by atoms with Gasteiger partial charge in [-0.2, -0.15) is 0 Å². The second-order valence-corrected chi connectivity index (χ2v) is 13.4. The molecule has 0 fully saturated rings. The van der Waals surface area contributed by atoms with E-state index in [1.807, 2.05) is 23.5 Å². The van der Waals surface area contributed by atoms with Gasteiger partial charge in [0, 0.05) is 32.7 Å². The lowest BCUT2D eigenvalue weighted by Crippen LogP contribution is -2.52. The fourth-order valence-electron chi connectivity index (χ4n) is 7.07. The highest BCUT2D eigenvalue weighted by atomic mass is 32.2. The van der Waals surface area contributed by atoms with Crippen LogP contribution in [0.25, 0.3) is 0 Å². The zero-order valence-electron chi connectivity index (χ0n) is 24.2. The summed E-state index contributed by atoms with van der Waals surface area (Å²) in [5.41, 5.74) is 6.77. The third-order valence-electron chi connectivity index (χ3n) is 8.92. The van der Waals surface area contributed by atoms with E-state index < -0.39 is 11.1 Å². The van der Waals surface area contributed by atoms with Crippen LogP contribution < -0.4 is 10.6 Å². The SMILES string of the molecule is c1ccc(C2(NCCNC3(c4ccccc4)c4ccccc4Sc4ccccc43)c3ccccc3Sc3ccccc32)cc1. The molecule has 0 saturated heterocycles. The molecule has 0 amide bonds. The van der Waals surface area contributed by atoms with Crippen molar-refractivity contribution in [1.29, 1.82) is 0 Å². The van der Waals surface area contributed by atoms with E-state index in [4.69, 9.17) is 0 Å². The van der Waals surface area contributed by atoms with E-state index in [9.17, 15) is 0 Å². The van der Waals surface area contributed by atoms with Crippen molar-refractivity contribution in [2.24, 2.45) is 0 Å². The normalized spacial score (nSPS) is 15.4. The van der Waals surface area contributed by atoms with Gasteiger partial charge in [0.1, 0.15) is 0 Å². The van der Waals surface area contributed by atoms with Crippen LogP contribution in [0.15, 0.2) is 177 Å². The molecule has 0 bridgehead atoms. The summed E-state index contributed by atoms with van der Waals surface area (Å²) in [5.74, 6) is 0. The maximum absolute atomic E-state index is 4.14. The van der Waals surface area contributed by atoms with Crippen LogP contribution >= 0.6 is 23.5 Å². The van der Waals surface area contributed by atoms with Gasteiger partial charge >= 0.3 is 0 Å². The molecular weight excluding hydrogens is 573 g/mol. The lowest BCUT2D eigenvalue weighted by Gasteiger charge is -2.44. The average Bonchev–Trinajstić information content (AvgIpc) is 3.10. The average molecular weight is 605 g/mol. The summed E-state index contributed by atoms with van der Waals surface area (Å²) in [6.07, 6.45) is 0. The zero-order valence-corrected chi connectivity index (χ0v) is 25.9. The molecule has 8 rings (SSSR count). The fraction of sp³-hybridized carbons (Fsp3) is 0.100. The molecular formula is C40H32N2S2. The minimum atomic E-state index is -0.473. The number of rotatable bonds is 7.